The molecule has 2 rings (SSSR count). The summed E-state index contributed by atoms with van der Waals surface area (Å²) in [6.45, 7) is 3.83. The van der Waals surface area contributed by atoms with Crippen molar-refractivity contribution in [3.63, 3.8) is 0 Å². The van der Waals surface area contributed by atoms with Gasteiger partial charge in [-0.2, -0.15) is 0 Å². The quantitative estimate of drug-likeness (QED) is 0.926. The Labute approximate surface area is 123 Å². The van der Waals surface area contributed by atoms with Gasteiger partial charge in [-0.15, -0.1) is 0 Å². The Bertz CT molecular complexity index is 425. The van der Waals surface area contributed by atoms with E-state index >= 15 is 0 Å². The molecule has 1 N–H and O–H groups in total. The van der Waals surface area contributed by atoms with Crippen LogP contribution in [0.2, 0.25) is 10.0 Å². The molecule has 1 fully saturated rings. The number of halogens is 2. The van der Waals surface area contributed by atoms with E-state index in [9.17, 15) is 4.79 Å². The minimum absolute atomic E-state index is 0.124. The number of hydrogen-bond donors (Lipinski definition) is 1. The summed E-state index contributed by atoms with van der Waals surface area (Å²) in [5.41, 5.74) is 0.510. The fourth-order valence-electron chi connectivity index (χ4n) is 2.30. The van der Waals surface area contributed by atoms with Crippen LogP contribution in [0, 0.1) is 0 Å². The maximum atomic E-state index is 11.9. The molecule has 19 heavy (non-hydrogen) atoms. The van der Waals surface area contributed by atoms with Crippen molar-refractivity contribution in [3.8, 4) is 0 Å². The molecule has 1 aromatic rings. The molecule has 1 heterocycles. The summed E-state index contributed by atoms with van der Waals surface area (Å²) < 4.78 is 0. The Morgan fingerprint density at radius 3 is 2.37 bits per heavy atom. The summed E-state index contributed by atoms with van der Waals surface area (Å²) in [6, 6.07) is 4.88. The minimum atomic E-state index is -0.124. The van der Waals surface area contributed by atoms with Crippen molar-refractivity contribution in [1.29, 1.82) is 0 Å². The predicted molar refractivity (Wildman–Crippen MR) is 79.1 cm³/mol. The van der Waals surface area contributed by atoms with E-state index in [-0.39, 0.29) is 5.91 Å². The van der Waals surface area contributed by atoms with Crippen molar-refractivity contribution < 1.29 is 4.79 Å². The van der Waals surface area contributed by atoms with Crippen LogP contribution in [-0.2, 0) is 0 Å². The lowest BCUT2D eigenvalue weighted by atomic mass is 10.1. The number of nitrogens with zero attached hydrogens (tertiary/aromatic N) is 1. The molecule has 0 spiro atoms. The average Bonchev–Trinajstić information content (AvgIpc) is 2.38. The molecule has 1 amide bonds. The molecule has 104 valence electrons. The van der Waals surface area contributed by atoms with Crippen LogP contribution in [-0.4, -0.2) is 37.0 Å². The predicted octanol–water partition coefficient (Wildman–Crippen LogP) is 3.21. The van der Waals surface area contributed by atoms with Crippen molar-refractivity contribution in [2.75, 3.05) is 26.2 Å². The maximum absolute atomic E-state index is 11.9. The van der Waals surface area contributed by atoms with Crippen LogP contribution in [0.15, 0.2) is 18.2 Å². The fraction of sp³-hybridized carbons (Fsp3) is 0.500. The molecule has 1 aliphatic heterocycles. The molecule has 0 atom stereocenters. The number of carbonyl (C=O) groups excluding carboxylic acids is 1. The summed E-state index contributed by atoms with van der Waals surface area (Å²) in [6.07, 6.45) is 3.85. The molecule has 1 aliphatic rings. The topological polar surface area (TPSA) is 32.3 Å². The molecule has 0 aliphatic carbocycles. The van der Waals surface area contributed by atoms with Gasteiger partial charge in [0, 0.05) is 28.7 Å². The number of likely N-dealkylation sites (tertiary alicyclic amines) is 1. The first kappa shape index (κ1) is 14.6. The fourth-order valence-corrected chi connectivity index (χ4v) is 2.82. The SMILES string of the molecule is O=C(NCCN1CCCCC1)c1cc(Cl)cc(Cl)c1. The molecule has 0 aromatic heterocycles. The normalized spacial score (nSPS) is 16.3. The van der Waals surface area contributed by atoms with Crippen LogP contribution in [0.3, 0.4) is 0 Å². The lowest BCUT2D eigenvalue weighted by molar-refractivity contribution is 0.0946. The van der Waals surface area contributed by atoms with Gasteiger partial charge in [-0.1, -0.05) is 29.6 Å². The number of amides is 1. The monoisotopic (exact) mass is 300 g/mol. The van der Waals surface area contributed by atoms with E-state index in [2.05, 4.69) is 10.2 Å². The molecule has 0 radical (unpaired) electrons. The lowest BCUT2D eigenvalue weighted by Gasteiger charge is -2.26. The van der Waals surface area contributed by atoms with E-state index in [1.165, 1.54) is 19.3 Å². The zero-order valence-electron chi connectivity index (χ0n) is 10.8. The van der Waals surface area contributed by atoms with Gasteiger partial charge in [0.05, 0.1) is 0 Å². The molecule has 0 bridgehead atoms. The van der Waals surface area contributed by atoms with Crippen LogP contribution >= 0.6 is 23.2 Å². The molecule has 5 heteroatoms. The standard InChI is InChI=1S/C14H18Cl2N2O/c15-12-8-11(9-13(16)10-12)14(19)17-4-7-18-5-2-1-3-6-18/h8-10H,1-7H2,(H,17,19). The van der Waals surface area contributed by atoms with E-state index in [1.54, 1.807) is 18.2 Å². The number of rotatable bonds is 4. The number of carbonyl (C=O) groups is 1. The van der Waals surface area contributed by atoms with Gasteiger partial charge in [0.25, 0.3) is 5.91 Å². The molecule has 1 aromatic carbocycles. The van der Waals surface area contributed by atoms with E-state index < -0.39 is 0 Å². The van der Waals surface area contributed by atoms with E-state index in [0.29, 0.717) is 22.2 Å². The third-order valence-electron chi connectivity index (χ3n) is 3.29. The van der Waals surface area contributed by atoms with Crippen molar-refractivity contribution in [2.24, 2.45) is 0 Å². The maximum Gasteiger partial charge on any atom is 0.251 e. The van der Waals surface area contributed by atoms with Crippen LogP contribution in [0.1, 0.15) is 29.6 Å². The van der Waals surface area contributed by atoms with Gasteiger partial charge >= 0.3 is 0 Å². The zero-order chi connectivity index (χ0) is 13.7. The molecular formula is C14H18Cl2N2O. The van der Waals surface area contributed by atoms with E-state index in [1.807, 2.05) is 0 Å². The Hall–Kier alpha value is -0.770. The van der Waals surface area contributed by atoms with Gasteiger partial charge in [-0.25, -0.2) is 0 Å². The lowest BCUT2D eigenvalue weighted by Crippen LogP contribution is -2.37. The summed E-state index contributed by atoms with van der Waals surface area (Å²) in [4.78, 5) is 14.3. The molecular weight excluding hydrogens is 283 g/mol. The summed E-state index contributed by atoms with van der Waals surface area (Å²) in [5, 5.41) is 3.86. The zero-order valence-corrected chi connectivity index (χ0v) is 12.3. The van der Waals surface area contributed by atoms with Gasteiger partial charge in [0.2, 0.25) is 0 Å². The second-order valence-corrected chi connectivity index (χ2v) is 5.69. The highest BCUT2D eigenvalue weighted by molar-refractivity contribution is 6.35. The first-order valence-corrected chi connectivity index (χ1v) is 7.37. The highest BCUT2D eigenvalue weighted by Crippen LogP contribution is 2.18. The first-order chi connectivity index (χ1) is 9.15. The number of piperidine rings is 1. The number of nitrogens with one attached hydrogen (secondary N) is 1. The van der Waals surface area contributed by atoms with Gasteiger partial charge in [0.1, 0.15) is 0 Å². The highest BCUT2D eigenvalue weighted by atomic mass is 35.5. The molecule has 0 saturated carbocycles. The van der Waals surface area contributed by atoms with Crippen LogP contribution in [0.25, 0.3) is 0 Å². The highest BCUT2D eigenvalue weighted by Gasteiger charge is 2.11. The average molecular weight is 301 g/mol. The second kappa shape index (κ2) is 7.13. The van der Waals surface area contributed by atoms with E-state index in [4.69, 9.17) is 23.2 Å². The Kier molecular flexibility index (Phi) is 5.49. The number of benzene rings is 1. The third kappa shape index (κ3) is 4.68. The van der Waals surface area contributed by atoms with Crippen LogP contribution in [0.5, 0.6) is 0 Å². The second-order valence-electron chi connectivity index (χ2n) is 4.82. The van der Waals surface area contributed by atoms with Gasteiger partial charge in [-0.3, -0.25) is 4.79 Å². The molecule has 1 saturated heterocycles. The van der Waals surface area contributed by atoms with Crippen molar-refractivity contribution in [1.82, 2.24) is 10.2 Å². The van der Waals surface area contributed by atoms with Crippen molar-refractivity contribution in [2.45, 2.75) is 19.3 Å². The van der Waals surface area contributed by atoms with Crippen molar-refractivity contribution in [3.05, 3.63) is 33.8 Å². The van der Waals surface area contributed by atoms with Crippen molar-refractivity contribution >= 4 is 29.1 Å². The third-order valence-corrected chi connectivity index (χ3v) is 3.72. The molecule has 3 nitrogen and oxygen atoms in total. The first-order valence-electron chi connectivity index (χ1n) is 6.62. The Balaban J connectivity index is 1.80. The van der Waals surface area contributed by atoms with Crippen LogP contribution < -0.4 is 5.32 Å². The summed E-state index contributed by atoms with van der Waals surface area (Å²) in [5.74, 6) is -0.124. The Morgan fingerprint density at radius 2 is 1.74 bits per heavy atom. The van der Waals surface area contributed by atoms with Crippen LogP contribution in [0.4, 0.5) is 0 Å². The van der Waals surface area contributed by atoms with Gasteiger partial charge in [-0.05, 0) is 44.1 Å². The van der Waals surface area contributed by atoms with E-state index in [0.717, 1.165) is 19.6 Å². The van der Waals surface area contributed by atoms with Gasteiger partial charge in [0.15, 0.2) is 0 Å². The largest absolute Gasteiger partial charge is 0.351 e. The summed E-state index contributed by atoms with van der Waals surface area (Å²) >= 11 is 11.8. The number of hydrogen-bond acceptors (Lipinski definition) is 2. The Morgan fingerprint density at radius 1 is 1.11 bits per heavy atom. The minimum Gasteiger partial charge on any atom is -0.351 e. The summed E-state index contributed by atoms with van der Waals surface area (Å²) in [7, 11) is 0. The smallest absolute Gasteiger partial charge is 0.251 e. The van der Waals surface area contributed by atoms with Gasteiger partial charge < -0.3 is 10.2 Å². The molecule has 0 unspecified atom stereocenters.